The van der Waals surface area contributed by atoms with Gasteiger partial charge in [-0.1, -0.05) is 0 Å². The van der Waals surface area contributed by atoms with E-state index < -0.39 is 4.92 Å². The number of aromatic nitrogens is 2. The number of nitrogens with one attached hydrogen (secondary N) is 1. The van der Waals surface area contributed by atoms with Crippen LogP contribution in [-0.2, 0) is 6.42 Å². The smallest absolute Gasteiger partial charge is 0.269 e. The van der Waals surface area contributed by atoms with Crippen molar-refractivity contribution < 1.29 is 4.92 Å². The maximum absolute atomic E-state index is 10.7. The summed E-state index contributed by atoms with van der Waals surface area (Å²) in [6, 6.07) is 6.67. The summed E-state index contributed by atoms with van der Waals surface area (Å²) in [5.41, 5.74) is 3.11. The van der Waals surface area contributed by atoms with Crippen LogP contribution in [0.4, 0.5) is 5.69 Å². The third-order valence-corrected chi connectivity index (χ3v) is 3.87. The number of non-ortho nitro benzene ring substituents is 1. The zero-order valence-corrected chi connectivity index (χ0v) is 11.7. The number of aryl methyl sites for hydroxylation is 1. The second-order valence-electron chi connectivity index (χ2n) is 5.13. The monoisotopic (exact) mass is 284 g/mol. The summed E-state index contributed by atoms with van der Waals surface area (Å²) >= 11 is 0. The summed E-state index contributed by atoms with van der Waals surface area (Å²) in [5.74, 6) is 0.625. The zero-order chi connectivity index (χ0) is 14.8. The number of hydrogen-bond acceptors (Lipinski definition) is 5. The molecule has 0 spiro atoms. The number of nitrogens with zero attached hydrogens (tertiary/aromatic N) is 3. The zero-order valence-electron chi connectivity index (χ0n) is 11.7. The van der Waals surface area contributed by atoms with Crippen LogP contribution >= 0.6 is 0 Å². The van der Waals surface area contributed by atoms with E-state index in [0.29, 0.717) is 11.9 Å². The fraction of sp³-hybridized carbons (Fsp3) is 0.333. The maximum Gasteiger partial charge on any atom is 0.269 e. The van der Waals surface area contributed by atoms with Crippen LogP contribution in [0, 0.1) is 10.1 Å². The molecular weight excluding hydrogens is 268 g/mol. The van der Waals surface area contributed by atoms with Gasteiger partial charge in [0.1, 0.15) is 0 Å². The van der Waals surface area contributed by atoms with E-state index >= 15 is 0 Å². The number of nitro benzene ring substituents is 1. The van der Waals surface area contributed by atoms with E-state index in [0.717, 1.165) is 36.1 Å². The van der Waals surface area contributed by atoms with Gasteiger partial charge in [0.2, 0.25) is 0 Å². The Morgan fingerprint density at radius 3 is 2.76 bits per heavy atom. The Labute approximate surface area is 122 Å². The van der Waals surface area contributed by atoms with Crippen LogP contribution in [0.2, 0.25) is 0 Å². The van der Waals surface area contributed by atoms with Gasteiger partial charge in [-0.15, -0.1) is 0 Å². The lowest BCUT2D eigenvalue weighted by atomic mass is 9.92. The maximum atomic E-state index is 10.7. The van der Waals surface area contributed by atoms with E-state index in [-0.39, 0.29) is 5.69 Å². The van der Waals surface area contributed by atoms with Gasteiger partial charge >= 0.3 is 0 Å². The van der Waals surface area contributed by atoms with Crippen molar-refractivity contribution in [1.82, 2.24) is 15.3 Å². The van der Waals surface area contributed by atoms with Crippen molar-refractivity contribution in [3.63, 3.8) is 0 Å². The van der Waals surface area contributed by atoms with Crippen LogP contribution < -0.4 is 5.32 Å². The average molecular weight is 284 g/mol. The molecule has 1 heterocycles. The molecular formula is C15H16N4O2. The number of benzene rings is 1. The van der Waals surface area contributed by atoms with Gasteiger partial charge in [0.25, 0.3) is 5.69 Å². The normalized spacial score (nSPS) is 17.3. The van der Waals surface area contributed by atoms with E-state index in [4.69, 9.17) is 0 Å². The van der Waals surface area contributed by atoms with Crippen molar-refractivity contribution in [2.45, 2.75) is 25.3 Å². The molecule has 1 atom stereocenters. The first-order valence-electron chi connectivity index (χ1n) is 6.97. The Hall–Kier alpha value is -2.34. The molecule has 1 aliphatic carbocycles. The first-order valence-corrected chi connectivity index (χ1v) is 6.97. The van der Waals surface area contributed by atoms with Gasteiger partial charge in [-0.2, -0.15) is 0 Å². The molecule has 1 aromatic heterocycles. The highest BCUT2D eigenvalue weighted by atomic mass is 16.6. The van der Waals surface area contributed by atoms with Crippen molar-refractivity contribution >= 4 is 5.69 Å². The predicted octanol–water partition coefficient (Wildman–Crippen LogP) is 2.65. The Balaban J connectivity index is 1.95. The van der Waals surface area contributed by atoms with Gasteiger partial charge in [0.15, 0.2) is 5.82 Å². The largest absolute Gasteiger partial charge is 0.313 e. The van der Waals surface area contributed by atoms with Crippen molar-refractivity contribution in [2.24, 2.45) is 0 Å². The minimum atomic E-state index is -0.408. The predicted molar refractivity (Wildman–Crippen MR) is 78.9 cm³/mol. The fourth-order valence-corrected chi connectivity index (χ4v) is 2.72. The highest BCUT2D eigenvalue weighted by molar-refractivity contribution is 5.57. The molecule has 3 rings (SSSR count). The van der Waals surface area contributed by atoms with Gasteiger partial charge in [-0.05, 0) is 38.4 Å². The molecule has 0 radical (unpaired) electrons. The molecule has 21 heavy (non-hydrogen) atoms. The van der Waals surface area contributed by atoms with Gasteiger partial charge in [0.05, 0.1) is 4.92 Å². The first kappa shape index (κ1) is 13.6. The van der Waals surface area contributed by atoms with E-state index in [2.05, 4.69) is 15.3 Å². The molecule has 1 unspecified atom stereocenters. The molecule has 0 bridgehead atoms. The molecule has 0 aliphatic heterocycles. The van der Waals surface area contributed by atoms with Crippen LogP contribution in [0.15, 0.2) is 30.5 Å². The summed E-state index contributed by atoms with van der Waals surface area (Å²) in [6.07, 6.45) is 5.04. The Morgan fingerprint density at radius 1 is 1.33 bits per heavy atom. The van der Waals surface area contributed by atoms with E-state index in [9.17, 15) is 10.1 Å². The van der Waals surface area contributed by atoms with E-state index in [1.807, 2.05) is 13.2 Å². The number of nitro groups is 1. The van der Waals surface area contributed by atoms with Crippen LogP contribution in [0.1, 0.15) is 30.1 Å². The Kier molecular flexibility index (Phi) is 3.62. The average Bonchev–Trinajstić information content (AvgIpc) is 2.53. The summed E-state index contributed by atoms with van der Waals surface area (Å²) < 4.78 is 0. The lowest BCUT2D eigenvalue weighted by Crippen LogP contribution is -2.22. The third kappa shape index (κ3) is 2.62. The molecule has 0 amide bonds. The van der Waals surface area contributed by atoms with E-state index in [1.165, 1.54) is 12.1 Å². The van der Waals surface area contributed by atoms with Crippen LogP contribution in [0.3, 0.4) is 0 Å². The topological polar surface area (TPSA) is 81.0 Å². The van der Waals surface area contributed by atoms with Crippen LogP contribution in [0.5, 0.6) is 0 Å². The second kappa shape index (κ2) is 5.57. The van der Waals surface area contributed by atoms with Gasteiger partial charge in [-0.25, -0.2) is 9.97 Å². The molecule has 0 fully saturated rings. The Morgan fingerprint density at radius 2 is 2.10 bits per heavy atom. The standard InChI is InChI=1S/C15H16N4O2/c1-16-13-3-2-4-14-12(13)9-17-15(18-14)10-5-7-11(8-6-10)19(20)21/h5-9,13,16H,2-4H2,1H3. The lowest BCUT2D eigenvalue weighted by molar-refractivity contribution is -0.384. The van der Waals surface area contributed by atoms with Crippen molar-refractivity contribution in [3.05, 3.63) is 51.8 Å². The summed E-state index contributed by atoms with van der Waals surface area (Å²) in [6.45, 7) is 0. The molecule has 1 aliphatic rings. The number of fused-ring (bicyclic) bond motifs is 1. The molecule has 2 aromatic rings. The molecule has 108 valence electrons. The van der Waals surface area contributed by atoms with Crippen LogP contribution in [0.25, 0.3) is 11.4 Å². The van der Waals surface area contributed by atoms with Gasteiger partial charge < -0.3 is 5.32 Å². The third-order valence-electron chi connectivity index (χ3n) is 3.87. The molecule has 6 heteroatoms. The highest BCUT2D eigenvalue weighted by Crippen LogP contribution is 2.29. The quantitative estimate of drug-likeness (QED) is 0.692. The van der Waals surface area contributed by atoms with Crippen molar-refractivity contribution in [1.29, 1.82) is 0 Å². The molecule has 0 saturated heterocycles. The van der Waals surface area contributed by atoms with Gasteiger partial charge in [0, 0.05) is 41.2 Å². The molecule has 0 saturated carbocycles. The molecule has 6 nitrogen and oxygen atoms in total. The highest BCUT2D eigenvalue weighted by Gasteiger charge is 2.21. The molecule has 1 aromatic carbocycles. The Bertz CT molecular complexity index is 670. The van der Waals surface area contributed by atoms with Gasteiger partial charge in [-0.3, -0.25) is 10.1 Å². The number of hydrogen-bond donors (Lipinski definition) is 1. The van der Waals surface area contributed by atoms with E-state index in [1.54, 1.807) is 12.1 Å². The second-order valence-corrected chi connectivity index (χ2v) is 5.13. The van der Waals surface area contributed by atoms with Crippen LogP contribution in [-0.4, -0.2) is 21.9 Å². The summed E-state index contributed by atoms with van der Waals surface area (Å²) in [5, 5.41) is 14.0. The minimum Gasteiger partial charge on any atom is -0.313 e. The SMILES string of the molecule is CNC1CCCc2nc(-c3ccc([N+](=O)[O-])cc3)ncc21. The lowest BCUT2D eigenvalue weighted by Gasteiger charge is -2.24. The fourth-order valence-electron chi connectivity index (χ4n) is 2.72. The minimum absolute atomic E-state index is 0.0759. The first-order chi connectivity index (χ1) is 10.2. The summed E-state index contributed by atoms with van der Waals surface area (Å²) in [4.78, 5) is 19.3. The van der Waals surface area contributed by atoms with Crippen molar-refractivity contribution in [3.8, 4) is 11.4 Å². The number of rotatable bonds is 3. The summed E-state index contributed by atoms with van der Waals surface area (Å²) in [7, 11) is 1.95. The van der Waals surface area contributed by atoms with Crippen molar-refractivity contribution in [2.75, 3.05) is 7.05 Å². The molecule has 1 N–H and O–H groups in total.